The lowest BCUT2D eigenvalue weighted by atomic mass is 10.0. The van der Waals surface area contributed by atoms with Gasteiger partial charge in [-0.25, -0.2) is 13.6 Å². The Hall–Kier alpha value is -2.67. The first kappa shape index (κ1) is 20.6. The van der Waals surface area contributed by atoms with E-state index in [0.717, 1.165) is 17.7 Å². The maximum absolute atomic E-state index is 13.2. The van der Waals surface area contributed by atoms with Crippen LogP contribution in [0.1, 0.15) is 18.0 Å². The second-order valence-corrected chi connectivity index (χ2v) is 6.52. The molecule has 146 valence electrons. The van der Waals surface area contributed by atoms with Gasteiger partial charge >= 0.3 is 6.09 Å². The fourth-order valence-electron chi connectivity index (χ4n) is 2.53. The molecule has 1 amide bonds. The molecule has 5 nitrogen and oxygen atoms in total. The van der Waals surface area contributed by atoms with Crippen LogP contribution in [0.2, 0.25) is 0 Å². The first-order valence-corrected chi connectivity index (χ1v) is 8.51. The van der Waals surface area contributed by atoms with Crippen LogP contribution in [0.4, 0.5) is 13.6 Å². The van der Waals surface area contributed by atoms with Crippen LogP contribution in [-0.4, -0.2) is 50.7 Å². The van der Waals surface area contributed by atoms with E-state index in [2.05, 4.69) is 0 Å². The SMILES string of the molecule is CN(C)C(=O)Oc1ccc([C@@H](CCOc2ccc(F)c(F)c2)N(C)C)cc1. The van der Waals surface area contributed by atoms with Crippen molar-refractivity contribution in [3.8, 4) is 11.5 Å². The Morgan fingerprint density at radius 1 is 0.963 bits per heavy atom. The van der Waals surface area contributed by atoms with Crippen molar-refractivity contribution in [3.63, 3.8) is 0 Å². The van der Waals surface area contributed by atoms with Gasteiger partial charge in [-0.1, -0.05) is 12.1 Å². The number of carbonyl (C=O) groups is 1. The van der Waals surface area contributed by atoms with Gasteiger partial charge in [-0.05, 0) is 43.9 Å². The van der Waals surface area contributed by atoms with Crippen LogP contribution in [0.25, 0.3) is 0 Å². The Kier molecular flexibility index (Phi) is 7.12. The third-order valence-electron chi connectivity index (χ3n) is 4.01. The maximum Gasteiger partial charge on any atom is 0.414 e. The number of rotatable bonds is 7. The normalized spacial score (nSPS) is 12.0. The van der Waals surface area contributed by atoms with E-state index in [1.807, 2.05) is 31.1 Å². The van der Waals surface area contributed by atoms with Crippen LogP contribution in [0.3, 0.4) is 0 Å². The number of benzene rings is 2. The minimum Gasteiger partial charge on any atom is -0.493 e. The first-order chi connectivity index (χ1) is 12.8. The Balaban J connectivity index is 1.97. The van der Waals surface area contributed by atoms with E-state index < -0.39 is 17.7 Å². The summed E-state index contributed by atoms with van der Waals surface area (Å²) in [7, 11) is 7.13. The zero-order valence-electron chi connectivity index (χ0n) is 15.9. The monoisotopic (exact) mass is 378 g/mol. The zero-order valence-corrected chi connectivity index (χ0v) is 15.9. The van der Waals surface area contributed by atoms with E-state index in [9.17, 15) is 13.6 Å². The minimum atomic E-state index is -0.931. The molecule has 0 fully saturated rings. The second kappa shape index (κ2) is 9.32. The molecule has 0 aliphatic rings. The Labute approximate surface area is 158 Å². The lowest BCUT2D eigenvalue weighted by Crippen LogP contribution is -2.25. The highest BCUT2D eigenvalue weighted by Crippen LogP contribution is 2.25. The predicted molar refractivity (Wildman–Crippen MR) is 99.1 cm³/mol. The number of hydrogen-bond donors (Lipinski definition) is 0. The highest BCUT2D eigenvalue weighted by molar-refractivity contribution is 5.69. The highest BCUT2D eigenvalue weighted by atomic mass is 19.2. The first-order valence-electron chi connectivity index (χ1n) is 8.51. The fourth-order valence-corrected chi connectivity index (χ4v) is 2.53. The van der Waals surface area contributed by atoms with Crippen molar-refractivity contribution in [1.82, 2.24) is 9.80 Å². The van der Waals surface area contributed by atoms with Gasteiger partial charge in [0.1, 0.15) is 11.5 Å². The van der Waals surface area contributed by atoms with Gasteiger partial charge in [-0.2, -0.15) is 0 Å². The summed E-state index contributed by atoms with van der Waals surface area (Å²) in [6, 6.07) is 10.8. The molecule has 27 heavy (non-hydrogen) atoms. The van der Waals surface area contributed by atoms with Crippen molar-refractivity contribution in [2.24, 2.45) is 0 Å². The number of carbonyl (C=O) groups excluding carboxylic acids is 1. The van der Waals surface area contributed by atoms with Gasteiger partial charge in [-0.15, -0.1) is 0 Å². The zero-order chi connectivity index (χ0) is 20.0. The van der Waals surface area contributed by atoms with Gasteiger partial charge in [-0.3, -0.25) is 0 Å². The van der Waals surface area contributed by atoms with Crippen LogP contribution in [0.5, 0.6) is 11.5 Å². The number of halogens is 2. The number of amides is 1. The topological polar surface area (TPSA) is 42.0 Å². The summed E-state index contributed by atoms with van der Waals surface area (Å²) in [5, 5.41) is 0. The van der Waals surface area contributed by atoms with Crippen LogP contribution >= 0.6 is 0 Å². The maximum atomic E-state index is 13.2. The molecule has 0 radical (unpaired) electrons. The summed E-state index contributed by atoms with van der Waals surface area (Å²) in [4.78, 5) is 15.0. The van der Waals surface area contributed by atoms with Crippen molar-refractivity contribution in [1.29, 1.82) is 0 Å². The van der Waals surface area contributed by atoms with Crippen molar-refractivity contribution in [2.45, 2.75) is 12.5 Å². The second-order valence-electron chi connectivity index (χ2n) is 6.52. The van der Waals surface area contributed by atoms with Gasteiger partial charge in [0.2, 0.25) is 0 Å². The van der Waals surface area contributed by atoms with Crippen molar-refractivity contribution in [3.05, 3.63) is 59.7 Å². The minimum absolute atomic E-state index is 0.0499. The molecule has 0 heterocycles. The Morgan fingerprint density at radius 3 is 2.15 bits per heavy atom. The lowest BCUT2D eigenvalue weighted by Gasteiger charge is -2.25. The van der Waals surface area contributed by atoms with Gasteiger partial charge in [0.15, 0.2) is 11.6 Å². The molecule has 0 aliphatic carbocycles. The van der Waals surface area contributed by atoms with Gasteiger partial charge < -0.3 is 19.3 Å². The van der Waals surface area contributed by atoms with Crippen LogP contribution < -0.4 is 9.47 Å². The molecule has 0 saturated carbocycles. The van der Waals surface area contributed by atoms with Crippen molar-refractivity contribution >= 4 is 6.09 Å². The summed E-state index contributed by atoms with van der Waals surface area (Å²) in [6.07, 6.45) is 0.204. The summed E-state index contributed by atoms with van der Waals surface area (Å²) in [6.45, 7) is 0.339. The highest BCUT2D eigenvalue weighted by Gasteiger charge is 2.15. The molecule has 0 bridgehead atoms. The van der Waals surface area contributed by atoms with E-state index in [1.54, 1.807) is 26.2 Å². The molecule has 0 aromatic heterocycles. The van der Waals surface area contributed by atoms with E-state index in [0.29, 0.717) is 18.8 Å². The van der Waals surface area contributed by atoms with Crippen LogP contribution in [-0.2, 0) is 0 Å². The molecule has 1 atom stereocenters. The molecule has 2 aromatic carbocycles. The predicted octanol–water partition coefficient (Wildman–Crippen LogP) is 4.10. The molecule has 0 saturated heterocycles. The van der Waals surface area contributed by atoms with Crippen molar-refractivity contribution < 1.29 is 23.0 Å². The number of ether oxygens (including phenoxy) is 2. The summed E-state index contributed by atoms with van der Waals surface area (Å²) in [5.74, 6) is -1.08. The van der Waals surface area contributed by atoms with Crippen molar-refractivity contribution in [2.75, 3.05) is 34.8 Å². The molecule has 2 rings (SSSR count). The molecular formula is C20H24F2N2O3. The molecule has 0 aliphatic heterocycles. The molecule has 0 N–H and O–H groups in total. The van der Waals surface area contributed by atoms with E-state index in [-0.39, 0.29) is 11.8 Å². The lowest BCUT2D eigenvalue weighted by molar-refractivity contribution is 0.172. The quantitative estimate of drug-likeness (QED) is 0.728. The summed E-state index contributed by atoms with van der Waals surface area (Å²) < 4.78 is 36.9. The summed E-state index contributed by atoms with van der Waals surface area (Å²) >= 11 is 0. The number of nitrogens with zero attached hydrogens (tertiary/aromatic N) is 2. The third kappa shape index (κ3) is 5.92. The third-order valence-corrected chi connectivity index (χ3v) is 4.01. The molecular weight excluding hydrogens is 354 g/mol. The molecule has 2 aromatic rings. The average molecular weight is 378 g/mol. The number of hydrogen-bond acceptors (Lipinski definition) is 4. The smallest absolute Gasteiger partial charge is 0.414 e. The summed E-state index contributed by atoms with van der Waals surface area (Å²) in [5.41, 5.74) is 1.03. The molecule has 0 spiro atoms. The van der Waals surface area contributed by atoms with Crippen LogP contribution in [0, 0.1) is 11.6 Å². The van der Waals surface area contributed by atoms with E-state index in [4.69, 9.17) is 9.47 Å². The molecule has 0 unspecified atom stereocenters. The average Bonchev–Trinajstić information content (AvgIpc) is 2.62. The van der Waals surface area contributed by atoms with E-state index in [1.165, 1.54) is 11.0 Å². The largest absolute Gasteiger partial charge is 0.493 e. The Bertz CT molecular complexity index is 764. The van der Waals surface area contributed by atoms with Gasteiger partial charge in [0.05, 0.1) is 6.61 Å². The van der Waals surface area contributed by atoms with E-state index >= 15 is 0 Å². The van der Waals surface area contributed by atoms with Gasteiger partial charge in [0.25, 0.3) is 0 Å². The molecule has 7 heteroatoms. The standard InChI is InChI=1S/C20H24F2N2O3/c1-23(2)19(11-12-26-16-9-10-17(21)18(22)13-16)14-5-7-15(8-6-14)27-20(25)24(3)4/h5-10,13,19H,11-12H2,1-4H3/t19-/m1/s1. The Morgan fingerprint density at radius 2 is 1.59 bits per heavy atom. The van der Waals surface area contributed by atoms with Crippen LogP contribution in [0.15, 0.2) is 42.5 Å². The van der Waals surface area contributed by atoms with Gasteiger partial charge in [0, 0.05) is 32.6 Å². The fraction of sp³-hybridized carbons (Fsp3) is 0.350.